The van der Waals surface area contributed by atoms with Gasteiger partial charge in [0.2, 0.25) is 5.09 Å². The first-order chi connectivity index (χ1) is 14.6. The van der Waals surface area contributed by atoms with Crippen LogP contribution in [0.5, 0.6) is 0 Å². The molecule has 30 heavy (non-hydrogen) atoms. The third-order valence-corrected chi connectivity index (χ3v) is 7.74. The topological polar surface area (TPSA) is 89.4 Å². The number of hydrogen-bond donors (Lipinski definition) is 0. The minimum absolute atomic E-state index is 0.00354. The number of rotatable bonds is 6. The Kier molecular flexibility index (Phi) is 5.10. The second-order valence-electron chi connectivity index (χ2n) is 6.97. The van der Waals surface area contributed by atoms with Crippen molar-refractivity contribution in [3.63, 3.8) is 0 Å². The highest BCUT2D eigenvalue weighted by atomic mass is 32.2. The van der Waals surface area contributed by atoms with Gasteiger partial charge in [-0.2, -0.15) is 4.31 Å². The molecular formula is C21H19N3O4S2. The van der Waals surface area contributed by atoms with Gasteiger partial charge in [0, 0.05) is 18.5 Å². The lowest BCUT2D eigenvalue weighted by molar-refractivity contribution is 0.397. The quantitative estimate of drug-likeness (QED) is 0.320. The third-order valence-electron chi connectivity index (χ3n) is 4.96. The van der Waals surface area contributed by atoms with Crippen molar-refractivity contribution < 1.29 is 17.3 Å². The Bertz CT molecular complexity index is 1280. The normalized spacial score (nSPS) is 15.2. The zero-order valence-corrected chi connectivity index (χ0v) is 17.7. The molecule has 9 heteroatoms. The van der Waals surface area contributed by atoms with Gasteiger partial charge in [0.1, 0.15) is 10.8 Å². The molecule has 0 atom stereocenters. The Morgan fingerprint density at radius 1 is 1.00 bits per heavy atom. The molecule has 3 aromatic heterocycles. The predicted octanol–water partition coefficient (Wildman–Crippen LogP) is 4.56. The molecule has 1 aliphatic rings. The molecule has 0 spiro atoms. The van der Waals surface area contributed by atoms with Crippen LogP contribution < -0.4 is 0 Å². The zero-order chi connectivity index (χ0) is 20.6. The molecule has 5 rings (SSSR count). The first-order valence-corrected chi connectivity index (χ1v) is 12.1. The molecule has 0 unspecified atom stereocenters. The highest BCUT2D eigenvalue weighted by Gasteiger charge is 2.30. The van der Waals surface area contributed by atoms with Crippen molar-refractivity contribution in [2.75, 3.05) is 13.1 Å². The summed E-state index contributed by atoms with van der Waals surface area (Å²) in [5, 5.41) is 1.71. The highest BCUT2D eigenvalue weighted by molar-refractivity contribution is 7.98. The molecule has 1 aliphatic heterocycles. The van der Waals surface area contributed by atoms with E-state index in [1.54, 1.807) is 18.4 Å². The van der Waals surface area contributed by atoms with Gasteiger partial charge in [-0.25, -0.2) is 18.4 Å². The molecule has 0 bridgehead atoms. The van der Waals surface area contributed by atoms with E-state index in [-0.39, 0.29) is 5.09 Å². The van der Waals surface area contributed by atoms with Gasteiger partial charge < -0.3 is 8.83 Å². The van der Waals surface area contributed by atoms with Crippen LogP contribution >= 0.6 is 11.8 Å². The summed E-state index contributed by atoms with van der Waals surface area (Å²) in [5.74, 6) is 2.14. The number of furan rings is 2. The monoisotopic (exact) mass is 441 g/mol. The summed E-state index contributed by atoms with van der Waals surface area (Å²) in [4.78, 5) is 9.25. The van der Waals surface area contributed by atoms with Gasteiger partial charge in [0.05, 0.1) is 17.5 Å². The van der Waals surface area contributed by atoms with Crippen LogP contribution in [0.1, 0.15) is 18.6 Å². The zero-order valence-electron chi connectivity index (χ0n) is 16.0. The number of hydrogen-bond acceptors (Lipinski definition) is 7. The predicted molar refractivity (Wildman–Crippen MR) is 114 cm³/mol. The van der Waals surface area contributed by atoms with Gasteiger partial charge >= 0.3 is 0 Å². The lowest BCUT2D eigenvalue weighted by Gasteiger charge is -2.12. The van der Waals surface area contributed by atoms with Crippen molar-refractivity contribution in [2.24, 2.45) is 0 Å². The SMILES string of the molecule is O=S(=O)(c1ccc(CSc2nc(-c3ccco3)nc3ccccc23)o1)N1CCCC1. The van der Waals surface area contributed by atoms with Crippen LogP contribution in [0.4, 0.5) is 0 Å². The van der Waals surface area contributed by atoms with E-state index in [0.717, 1.165) is 28.8 Å². The maximum atomic E-state index is 12.7. The summed E-state index contributed by atoms with van der Waals surface area (Å²) >= 11 is 1.48. The van der Waals surface area contributed by atoms with Crippen LogP contribution in [0, 0.1) is 0 Å². The number of nitrogens with zero attached hydrogens (tertiary/aromatic N) is 3. The van der Waals surface area contributed by atoms with E-state index >= 15 is 0 Å². The fraction of sp³-hybridized carbons (Fsp3) is 0.238. The van der Waals surface area contributed by atoms with Crippen LogP contribution in [0.15, 0.2) is 73.7 Å². The third kappa shape index (κ3) is 3.64. The lowest BCUT2D eigenvalue weighted by atomic mass is 10.2. The molecule has 154 valence electrons. The first-order valence-electron chi connectivity index (χ1n) is 9.63. The summed E-state index contributed by atoms with van der Waals surface area (Å²) < 4.78 is 38.0. The number of thioether (sulfide) groups is 1. The maximum absolute atomic E-state index is 12.7. The molecule has 0 N–H and O–H groups in total. The molecule has 7 nitrogen and oxygen atoms in total. The number of aromatic nitrogens is 2. The second kappa shape index (κ2) is 7.90. The molecule has 1 aromatic carbocycles. The molecule has 1 saturated heterocycles. The second-order valence-corrected chi connectivity index (χ2v) is 9.80. The Balaban J connectivity index is 1.41. The Morgan fingerprint density at radius 3 is 2.63 bits per heavy atom. The molecule has 0 aliphatic carbocycles. The number of benzene rings is 1. The van der Waals surface area contributed by atoms with E-state index in [1.807, 2.05) is 30.3 Å². The minimum atomic E-state index is -3.55. The largest absolute Gasteiger partial charge is 0.461 e. The number of sulfonamides is 1. The molecule has 0 amide bonds. The summed E-state index contributed by atoms with van der Waals surface area (Å²) in [6.45, 7) is 1.10. The molecule has 4 heterocycles. The van der Waals surface area contributed by atoms with Crippen molar-refractivity contribution >= 4 is 32.7 Å². The van der Waals surface area contributed by atoms with Crippen LogP contribution in [-0.4, -0.2) is 35.8 Å². The van der Waals surface area contributed by atoms with Crippen LogP contribution in [0.2, 0.25) is 0 Å². The lowest BCUT2D eigenvalue weighted by Crippen LogP contribution is -2.27. The number of fused-ring (bicyclic) bond motifs is 1. The summed E-state index contributed by atoms with van der Waals surface area (Å²) in [6, 6.07) is 14.6. The van der Waals surface area contributed by atoms with E-state index in [1.165, 1.54) is 22.1 Å². The van der Waals surface area contributed by atoms with E-state index < -0.39 is 10.0 Å². The first kappa shape index (κ1) is 19.3. The minimum Gasteiger partial charge on any atom is -0.461 e. The van der Waals surface area contributed by atoms with E-state index in [4.69, 9.17) is 8.83 Å². The summed E-state index contributed by atoms with van der Waals surface area (Å²) in [7, 11) is -3.55. The van der Waals surface area contributed by atoms with Crippen molar-refractivity contribution in [2.45, 2.75) is 28.7 Å². The Morgan fingerprint density at radius 2 is 1.83 bits per heavy atom. The van der Waals surface area contributed by atoms with Gasteiger partial charge in [-0.3, -0.25) is 0 Å². The fourth-order valence-electron chi connectivity index (χ4n) is 3.44. The van der Waals surface area contributed by atoms with Crippen LogP contribution in [0.25, 0.3) is 22.5 Å². The standard InChI is InChI=1S/C21H19N3O4S2/c25-30(26,24-11-3-4-12-24)19-10-9-15(28-19)14-29-21-16-6-1-2-7-17(16)22-20(23-21)18-8-5-13-27-18/h1-2,5-10,13H,3-4,11-12,14H2. The van der Waals surface area contributed by atoms with E-state index in [2.05, 4.69) is 9.97 Å². The average molecular weight is 442 g/mol. The van der Waals surface area contributed by atoms with E-state index in [9.17, 15) is 8.42 Å². The van der Waals surface area contributed by atoms with Crippen molar-refractivity contribution in [3.8, 4) is 11.6 Å². The van der Waals surface area contributed by atoms with Gasteiger partial charge in [0.25, 0.3) is 10.0 Å². The summed E-state index contributed by atoms with van der Waals surface area (Å²) in [5.41, 5.74) is 0.818. The van der Waals surface area contributed by atoms with Gasteiger partial charge in [-0.15, -0.1) is 0 Å². The van der Waals surface area contributed by atoms with Gasteiger partial charge in [-0.1, -0.05) is 30.0 Å². The molecular weight excluding hydrogens is 422 g/mol. The van der Waals surface area contributed by atoms with Gasteiger partial charge in [0.15, 0.2) is 11.6 Å². The fourth-order valence-corrected chi connectivity index (χ4v) is 5.80. The van der Waals surface area contributed by atoms with Gasteiger partial charge in [-0.05, 0) is 43.2 Å². The highest BCUT2D eigenvalue weighted by Crippen LogP contribution is 2.32. The van der Waals surface area contributed by atoms with Crippen molar-refractivity contribution in [1.82, 2.24) is 14.3 Å². The Labute approximate surface area is 178 Å². The average Bonchev–Trinajstić information content (AvgIpc) is 3.54. The molecule has 4 aromatic rings. The molecule has 1 fully saturated rings. The number of para-hydroxylation sites is 1. The van der Waals surface area contributed by atoms with Crippen LogP contribution in [-0.2, 0) is 15.8 Å². The summed E-state index contributed by atoms with van der Waals surface area (Å²) in [6.07, 6.45) is 3.37. The van der Waals surface area contributed by atoms with Crippen molar-refractivity contribution in [1.29, 1.82) is 0 Å². The van der Waals surface area contributed by atoms with Crippen molar-refractivity contribution in [3.05, 3.63) is 60.6 Å². The Hall–Kier alpha value is -2.62. The van der Waals surface area contributed by atoms with E-state index in [0.29, 0.717) is 36.2 Å². The smallest absolute Gasteiger partial charge is 0.276 e. The van der Waals surface area contributed by atoms with Crippen LogP contribution in [0.3, 0.4) is 0 Å². The molecule has 0 radical (unpaired) electrons. The maximum Gasteiger partial charge on any atom is 0.276 e. The molecule has 0 saturated carbocycles.